The number of rotatable bonds is 5. The van der Waals surface area contributed by atoms with E-state index < -0.39 is 5.41 Å². The maximum Gasteiger partial charge on any atom is 0.136 e. The number of fused-ring (bicyclic) bond motifs is 15. The molecular formula is C67H40O2. The molecule has 0 N–H and O–H groups in total. The summed E-state index contributed by atoms with van der Waals surface area (Å²) in [5.74, 6) is 0. The van der Waals surface area contributed by atoms with Crippen LogP contribution in [0.5, 0.6) is 0 Å². The molecule has 12 aromatic carbocycles. The maximum absolute atomic E-state index is 6.71. The van der Waals surface area contributed by atoms with E-state index >= 15 is 0 Å². The molecule has 0 aliphatic heterocycles. The SMILES string of the molecule is c1ccc(C2(c3ccccc3)c3ccccc3-c3c(-c4ccc5oc6cc7c(cc6c5c4)oc4ccc(-c5ccccc5-c5ccc6c8ccccc8c8ccccc8c6c5)cc47)cccc32)cc1. The smallest absolute Gasteiger partial charge is 0.136 e. The lowest BCUT2D eigenvalue weighted by Gasteiger charge is -2.34. The third-order valence-electron chi connectivity index (χ3n) is 15.1. The molecule has 2 heterocycles. The molecule has 69 heavy (non-hydrogen) atoms. The second-order valence-electron chi connectivity index (χ2n) is 18.6. The van der Waals surface area contributed by atoms with Crippen LogP contribution in [0.25, 0.3) is 121 Å². The van der Waals surface area contributed by atoms with Crippen LogP contribution < -0.4 is 0 Å². The van der Waals surface area contributed by atoms with Crippen LogP contribution in [0.4, 0.5) is 0 Å². The average molecular weight is 877 g/mol. The predicted octanol–water partition coefficient (Wildman–Crippen LogP) is 18.3. The van der Waals surface area contributed by atoms with Crippen LogP contribution >= 0.6 is 0 Å². The lowest BCUT2D eigenvalue weighted by Crippen LogP contribution is -2.28. The Morgan fingerprint density at radius 1 is 0.232 bits per heavy atom. The monoisotopic (exact) mass is 876 g/mol. The topological polar surface area (TPSA) is 26.3 Å². The molecule has 0 saturated carbocycles. The fourth-order valence-corrected chi connectivity index (χ4v) is 12.2. The number of furan rings is 2. The van der Waals surface area contributed by atoms with E-state index in [4.69, 9.17) is 8.83 Å². The molecule has 0 atom stereocenters. The lowest BCUT2D eigenvalue weighted by atomic mass is 9.67. The van der Waals surface area contributed by atoms with Gasteiger partial charge in [-0.15, -0.1) is 0 Å². The van der Waals surface area contributed by atoms with Gasteiger partial charge < -0.3 is 8.83 Å². The molecule has 1 aliphatic carbocycles. The van der Waals surface area contributed by atoms with Crippen molar-refractivity contribution in [2.24, 2.45) is 0 Å². The number of hydrogen-bond acceptors (Lipinski definition) is 2. The molecule has 0 radical (unpaired) electrons. The summed E-state index contributed by atoms with van der Waals surface area (Å²) < 4.78 is 13.4. The van der Waals surface area contributed by atoms with Gasteiger partial charge in [-0.25, -0.2) is 0 Å². The van der Waals surface area contributed by atoms with Crippen molar-refractivity contribution in [2.75, 3.05) is 0 Å². The van der Waals surface area contributed by atoms with Crippen LogP contribution in [0.1, 0.15) is 22.3 Å². The van der Waals surface area contributed by atoms with Crippen molar-refractivity contribution in [3.05, 3.63) is 265 Å². The maximum atomic E-state index is 6.71. The van der Waals surface area contributed by atoms with Gasteiger partial charge in [0.1, 0.15) is 22.3 Å². The zero-order chi connectivity index (χ0) is 45.2. The summed E-state index contributed by atoms with van der Waals surface area (Å²) >= 11 is 0. The van der Waals surface area contributed by atoms with Gasteiger partial charge in [0.05, 0.1) is 5.41 Å². The van der Waals surface area contributed by atoms with Crippen molar-refractivity contribution < 1.29 is 8.83 Å². The van der Waals surface area contributed by atoms with Gasteiger partial charge in [0.2, 0.25) is 0 Å². The minimum Gasteiger partial charge on any atom is -0.456 e. The Balaban J connectivity index is 0.857. The summed E-state index contributed by atoms with van der Waals surface area (Å²) in [6, 6.07) is 88.7. The normalized spacial score (nSPS) is 13.0. The van der Waals surface area contributed by atoms with Gasteiger partial charge in [-0.05, 0) is 142 Å². The van der Waals surface area contributed by atoms with Crippen LogP contribution in [0.2, 0.25) is 0 Å². The Hall–Kier alpha value is -8.98. The van der Waals surface area contributed by atoms with Crippen LogP contribution in [0.15, 0.2) is 251 Å². The van der Waals surface area contributed by atoms with Crippen LogP contribution in [-0.2, 0) is 5.41 Å². The van der Waals surface area contributed by atoms with E-state index in [2.05, 4.69) is 243 Å². The molecular weight excluding hydrogens is 837 g/mol. The molecule has 2 heteroatoms. The van der Waals surface area contributed by atoms with Crippen molar-refractivity contribution in [3.8, 4) is 44.5 Å². The van der Waals surface area contributed by atoms with E-state index in [1.807, 2.05) is 0 Å². The average Bonchev–Trinajstić information content (AvgIpc) is 4.07. The number of hydrogen-bond donors (Lipinski definition) is 0. The largest absolute Gasteiger partial charge is 0.456 e. The summed E-state index contributed by atoms with van der Waals surface area (Å²) in [6.45, 7) is 0. The minimum absolute atomic E-state index is 0.465. The summed E-state index contributed by atoms with van der Waals surface area (Å²) in [5.41, 5.74) is 17.6. The predicted molar refractivity (Wildman–Crippen MR) is 287 cm³/mol. The van der Waals surface area contributed by atoms with Crippen molar-refractivity contribution >= 4 is 76.2 Å². The minimum atomic E-state index is -0.465. The van der Waals surface area contributed by atoms with Crippen molar-refractivity contribution in [2.45, 2.75) is 5.41 Å². The summed E-state index contributed by atoms with van der Waals surface area (Å²) in [7, 11) is 0. The molecule has 0 bridgehead atoms. The Labute approximate surface area is 397 Å². The first-order valence-electron chi connectivity index (χ1n) is 23.8. The zero-order valence-corrected chi connectivity index (χ0v) is 37.4. The molecule has 0 unspecified atom stereocenters. The third-order valence-corrected chi connectivity index (χ3v) is 15.1. The second-order valence-corrected chi connectivity index (χ2v) is 18.6. The first-order chi connectivity index (χ1) is 34.2. The first kappa shape index (κ1) is 38.2. The van der Waals surface area contributed by atoms with Gasteiger partial charge in [-0.1, -0.05) is 200 Å². The van der Waals surface area contributed by atoms with Crippen molar-refractivity contribution in [1.29, 1.82) is 0 Å². The Bertz CT molecular complexity index is 4340. The van der Waals surface area contributed by atoms with Crippen LogP contribution in [0, 0.1) is 0 Å². The third kappa shape index (κ3) is 5.43. The first-order valence-corrected chi connectivity index (χ1v) is 23.8. The molecule has 0 amide bonds. The van der Waals surface area contributed by atoms with Gasteiger partial charge >= 0.3 is 0 Å². The lowest BCUT2D eigenvalue weighted by molar-refractivity contribution is 0.664. The Morgan fingerprint density at radius 3 is 1.19 bits per heavy atom. The highest BCUT2D eigenvalue weighted by Crippen LogP contribution is 2.58. The quantitative estimate of drug-likeness (QED) is 0.161. The molecule has 0 saturated heterocycles. The standard InChI is InChI=1S/C67H40O2/c1-3-16-44(17-4-1)67(45-18-5-2-6-19-45)60-28-14-13-26-54(60)66-48(27-15-29-61(66)67)43-32-35-63-57(38-43)59-40-64-58(39-65(59)69-63)56-37-42(31-34-62(56)68-64)47-21-8-7-20-46(47)41-30-33-53-51-24-10-9-22-49(51)50-23-11-12-25-52(50)55(53)36-41/h1-40H. The van der Waals surface area contributed by atoms with Crippen molar-refractivity contribution in [3.63, 3.8) is 0 Å². The fourth-order valence-electron chi connectivity index (χ4n) is 12.2. The molecule has 320 valence electrons. The van der Waals surface area contributed by atoms with E-state index in [0.717, 1.165) is 55.0 Å². The van der Waals surface area contributed by atoms with E-state index in [1.165, 1.54) is 88.0 Å². The van der Waals surface area contributed by atoms with E-state index in [-0.39, 0.29) is 0 Å². The molecule has 0 spiro atoms. The number of benzene rings is 12. The van der Waals surface area contributed by atoms with Crippen LogP contribution in [0.3, 0.4) is 0 Å². The van der Waals surface area contributed by atoms with Gasteiger partial charge in [0.15, 0.2) is 0 Å². The summed E-state index contributed by atoms with van der Waals surface area (Å²) in [5, 5.41) is 11.9. The van der Waals surface area contributed by atoms with Crippen molar-refractivity contribution in [1.82, 2.24) is 0 Å². The Morgan fingerprint density at radius 2 is 0.623 bits per heavy atom. The molecule has 2 nitrogen and oxygen atoms in total. The van der Waals surface area contributed by atoms with E-state index in [1.54, 1.807) is 0 Å². The highest BCUT2D eigenvalue weighted by molar-refractivity contribution is 6.26. The summed E-state index contributed by atoms with van der Waals surface area (Å²) in [6.07, 6.45) is 0. The summed E-state index contributed by atoms with van der Waals surface area (Å²) in [4.78, 5) is 0. The molecule has 14 aromatic rings. The Kier molecular flexibility index (Phi) is 8.02. The van der Waals surface area contributed by atoms with E-state index in [9.17, 15) is 0 Å². The van der Waals surface area contributed by atoms with Gasteiger partial charge in [0.25, 0.3) is 0 Å². The fraction of sp³-hybridized carbons (Fsp3) is 0.0149. The zero-order valence-electron chi connectivity index (χ0n) is 37.4. The molecule has 15 rings (SSSR count). The molecule has 1 aliphatic rings. The molecule has 2 aromatic heterocycles. The van der Waals surface area contributed by atoms with Gasteiger partial charge in [-0.3, -0.25) is 0 Å². The second kappa shape index (κ2) is 14.5. The van der Waals surface area contributed by atoms with Crippen LogP contribution in [-0.4, -0.2) is 0 Å². The van der Waals surface area contributed by atoms with Gasteiger partial charge in [0, 0.05) is 21.5 Å². The van der Waals surface area contributed by atoms with E-state index in [0.29, 0.717) is 0 Å². The highest BCUT2D eigenvalue weighted by Gasteiger charge is 2.46. The van der Waals surface area contributed by atoms with Gasteiger partial charge in [-0.2, -0.15) is 0 Å². The highest BCUT2D eigenvalue weighted by atomic mass is 16.3. The molecule has 0 fully saturated rings.